The molecule has 0 unspecified atom stereocenters. The second kappa shape index (κ2) is 4.92. The molecule has 2 aromatic rings. The van der Waals surface area contributed by atoms with E-state index in [1.807, 2.05) is 35.0 Å². The molecule has 90 valence electrons. The van der Waals surface area contributed by atoms with Crippen LogP contribution in [0.2, 0.25) is 5.02 Å². The maximum absolute atomic E-state index is 12.4. The molecule has 0 saturated carbocycles. The zero-order valence-corrected chi connectivity index (χ0v) is 11.7. The number of thioether (sulfide) groups is 1. The quantitative estimate of drug-likeness (QED) is 0.704. The Balaban J connectivity index is 2.01. The van der Waals surface area contributed by atoms with Gasteiger partial charge in [0.15, 0.2) is 5.78 Å². The standard InChI is InChI=1S/C14H9ClOS2/c15-11-1-2-13-12(6-11)14(16)10(8-18-13)5-9-3-4-17-7-9/h1-7H,8H2/b10-5+. The van der Waals surface area contributed by atoms with E-state index in [0.717, 1.165) is 27.3 Å². The van der Waals surface area contributed by atoms with Crippen molar-refractivity contribution in [1.82, 2.24) is 0 Å². The van der Waals surface area contributed by atoms with Gasteiger partial charge in [0, 0.05) is 26.8 Å². The predicted octanol–water partition coefficient (Wildman–Crippen LogP) is 4.77. The lowest BCUT2D eigenvalue weighted by atomic mass is 10.0. The molecule has 0 bridgehead atoms. The molecule has 1 aromatic heterocycles. The van der Waals surface area contributed by atoms with Gasteiger partial charge in [-0.05, 0) is 46.7 Å². The van der Waals surface area contributed by atoms with Crippen LogP contribution in [0.15, 0.2) is 45.5 Å². The Bertz CT molecular complexity index is 629. The van der Waals surface area contributed by atoms with Crippen LogP contribution in [0.3, 0.4) is 0 Å². The number of Topliss-reactive ketones (excluding diaryl/α,β-unsaturated/α-hetero) is 1. The summed E-state index contributed by atoms with van der Waals surface area (Å²) in [6.07, 6.45) is 1.97. The minimum atomic E-state index is 0.0949. The third-order valence-electron chi connectivity index (χ3n) is 2.75. The summed E-state index contributed by atoms with van der Waals surface area (Å²) in [4.78, 5) is 13.4. The highest BCUT2D eigenvalue weighted by molar-refractivity contribution is 7.99. The molecule has 0 radical (unpaired) electrons. The maximum atomic E-state index is 12.4. The number of hydrogen-bond acceptors (Lipinski definition) is 3. The number of halogens is 1. The number of fused-ring (bicyclic) bond motifs is 1. The molecule has 0 spiro atoms. The molecule has 1 aliphatic heterocycles. The van der Waals surface area contributed by atoms with E-state index in [-0.39, 0.29) is 5.78 Å². The molecule has 3 rings (SSSR count). The van der Waals surface area contributed by atoms with Crippen molar-refractivity contribution in [3.63, 3.8) is 0 Å². The summed E-state index contributed by atoms with van der Waals surface area (Å²) in [6, 6.07) is 7.52. The smallest absolute Gasteiger partial charge is 0.191 e. The van der Waals surface area contributed by atoms with Crippen molar-refractivity contribution < 1.29 is 4.79 Å². The summed E-state index contributed by atoms with van der Waals surface area (Å²) < 4.78 is 0. The largest absolute Gasteiger partial charge is 0.289 e. The zero-order chi connectivity index (χ0) is 12.5. The van der Waals surface area contributed by atoms with Crippen LogP contribution in [-0.2, 0) is 0 Å². The van der Waals surface area contributed by atoms with Crippen molar-refractivity contribution in [1.29, 1.82) is 0 Å². The molecule has 18 heavy (non-hydrogen) atoms. The van der Waals surface area contributed by atoms with Crippen molar-refractivity contribution in [3.05, 3.63) is 56.7 Å². The van der Waals surface area contributed by atoms with Crippen molar-refractivity contribution >= 4 is 46.6 Å². The molecule has 4 heteroatoms. The fourth-order valence-electron chi connectivity index (χ4n) is 1.87. The molecule has 0 N–H and O–H groups in total. The van der Waals surface area contributed by atoms with Crippen LogP contribution in [0, 0.1) is 0 Å². The van der Waals surface area contributed by atoms with Crippen molar-refractivity contribution in [2.45, 2.75) is 4.90 Å². The first-order valence-electron chi connectivity index (χ1n) is 5.44. The molecule has 0 fully saturated rings. The molecule has 1 aliphatic rings. The fourth-order valence-corrected chi connectivity index (χ4v) is 3.65. The number of benzene rings is 1. The molecule has 0 saturated heterocycles. The molecule has 1 aromatic carbocycles. The van der Waals surface area contributed by atoms with Gasteiger partial charge in [0.05, 0.1) is 0 Å². The Morgan fingerprint density at radius 1 is 1.28 bits per heavy atom. The third-order valence-corrected chi connectivity index (χ3v) is 4.80. The van der Waals surface area contributed by atoms with Crippen LogP contribution >= 0.6 is 34.7 Å². The molecule has 0 atom stereocenters. The van der Waals surface area contributed by atoms with E-state index in [1.165, 1.54) is 0 Å². The van der Waals surface area contributed by atoms with Gasteiger partial charge in [0.25, 0.3) is 0 Å². The van der Waals surface area contributed by atoms with Crippen LogP contribution in [0.5, 0.6) is 0 Å². The highest BCUT2D eigenvalue weighted by Gasteiger charge is 2.22. The van der Waals surface area contributed by atoms with E-state index < -0.39 is 0 Å². The van der Waals surface area contributed by atoms with Gasteiger partial charge in [0.1, 0.15) is 0 Å². The Morgan fingerprint density at radius 3 is 2.94 bits per heavy atom. The highest BCUT2D eigenvalue weighted by atomic mass is 35.5. The molecule has 0 aliphatic carbocycles. The second-order valence-electron chi connectivity index (χ2n) is 3.98. The van der Waals surface area contributed by atoms with Gasteiger partial charge >= 0.3 is 0 Å². The van der Waals surface area contributed by atoms with E-state index >= 15 is 0 Å². The number of rotatable bonds is 1. The first-order chi connectivity index (χ1) is 8.74. The van der Waals surface area contributed by atoms with Crippen molar-refractivity contribution in [2.24, 2.45) is 0 Å². The van der Waals surface area contributed by atoms with E-state index in [9.17, 15) is 4.79 Å². The van der Waals surface area contributed by atoms with Gasteiger partial charge in [-0.3, -0.25) is 4.79 Å². The minimum Gasteiger partial charge on any atom is -0.289 e. The van der Waals surface area contributed by atoms with Gasteiger partial charge in [0.2, 0.25) is 0 Å². The lowest BCUT2D eigenvalue weighted by Crippen LogP contribution is -2.12. The topological polar surface area (TPSA) is 17.1 Å². The van der Waals surface area contributed by atoms with Gasteiger partial charge < -0.3 is 0 Å². The third kappa shape index (κ3) is 2.26. The van der Waals surface area contributed by atoms with Crippen molar-refractivity contribution in [3.8, 4) is 0 Å². The number of carbonyl (C=O) groups excluding carboxylic acids is 1. The summed E-state index contributed by atoms with van der Waals surface area (Å²) in [5.41, 5.74) is 2.66. The van der Waals surface area contributed by atoms with Gasteiger partial charge in [-0.2, -0.15) is 11.3 Å². The number of thiophene rings is 1. The van der Waals surface area contributed by atoms with Crippen LogP contribution in [0.25, 0.3) is 6.08 Å². The van der Waals surface area contributed by atoms with Crippen LogP contribution in [0.1, 0.15) is 15.9 Å². The summed E-state index contributed by atoms with van der Waals surface area (Å²) >= 11 is 9.27. The van der Waals surface area contributed by atoms with E-state index in [0.29, 0.717) is 5.02 Å². The van der Waals surface area contributed by atoms with Gasteiger partial charge in [-0.1, -0.05) is 11.6 Å². The number of carbonyl (C=O) groups is 1. The van der Waals surface area contributed by atoms with E-state index in [4.69, 9.17) is 11.6 Å². The molecule has 1 nitrogen and oxygen atoms in total. The number of hydrogen-bond donors (Lipinski definition) is 0. The first kappa shape index (κ1) is 12.0. The van der Waals surface area contributed by atoms with Crippen LogP contribution in [-0.4, -0.2) is 11.5 Å². The molecule has 2 heterocycles. The SMILES string of the molecule is O=C1/C(=C/c2ccsc2)CSc2ccc(Cl)cc21. The minimum absolute atomic E-state index is 0.0949. The molecular formula is C14H9ClOS2. The summed E-state index contributed by atoms with van der Waals surface area (Å²) in [5, 5.41) is 4.66. The summed E-state index contributed by atoms with van der Waals surface area (Å²) in [5.74, 6) is 0.820. The van der Waals surface area contributed by atoms with Gasteiger partial charge in [-0.15, -0.1) is 11.8 Å². The van der Waals surface area contributed by atoms with Crippen LogP contribution < -0.4 is 0 Å². The Kier molecular flexibility index (Phi) is 3.29. The lowest BCUT2D eigenvalue weighted by Gasteiger charge is -2.16. The number of ketones is 1. The van der Waals surface area contributed by atoms with E-state index in [1.54, 1.807) is 29.2 Å². The fraction of sp³-hybridized carbons (Fsp3) is 0.0714. The first-order valence-corrected chi connectivity index (χ1v) is 7.74. The zero-order valence-electron chi connectivity index (χ0n) is 9.35. The van der Waals surface area contributed by atoms with Crippen molar-refractivity contribution in [2.75, 3.05) is 5.75 Å². The van der Waals surface area contributed by atoms with E-state index in [2.05, 4.69) is 0 Å². The maximum Gasteiger partial charge on any atom is 0.191 e. The highest BCUT2D eigenvalue weighted by Crippen LogP contribution is 2.34. The Morgan fingerprint density at radius 2 is 2.17 bits per heavy atom. The predicted molar refractivity (Wildman–Crippen MR) is 78.8 cm³/mol. The second-order valence-corrected chi connectivity index (χ2v) is 6.22. The summed E-state index contributed by atoms with van der Waals surface area (Å²) in [6.45, 7) is 0. The van der Waals surface area contributed by atoms with Gasteiger partial charge in [-0.25, -0.2) is 0 Å². The van der Waals surface area contributed by atoms with Crippen LogP contribution in [0.4, 0.5) is 0 Å². The molecule has 0 amide bonds. The normalized spacial score (nSPS) is 16.9. The Labute approximate surface area is 118 Å². The Hall–Kier alpha value is -1.03. The molecular weight excluding hydrogens is 284 g/mol. The summed E-state index contributed by atoms with van der Waals surface area (Å²) in [7, 11) is 0. The average Bonchev–Trinajstić information content (AvgIpc) is 2.86. The average molecular weight is 293 g/mol. The lowest BCUT2D eigenvalue weighted by molar-refractivity contribution is 0.103. The monoisotopic (exact) mass is 292 g/mol.